The fourth-order valence-corrected chi connectivity index (χ4v) is 4.12. The van der Waals surface area contributed by atoms with Gasteiger partial charge in [0.2, 0.25) is 0 Å². The van der Waals surface area contributed by atoms with Gasteiger partial charge in [0, 0.05) is 42.3 Å². The van der Waals surface area contributed by atoms with E-state index in [-0.39, 0.29) is 5.91 Å². The highest BCUT2D eigenvalue weighted by Gasteiger charge is 2.22. The fraction of sp³-hybridized carbons (Fsp3) is 0.227. The molecule has 0 atom stereocenters. The van der Waals surface area contributed by atoms with Crippen molar-refractivity contribution in [2.45, 2.75) is 6.42 Å². The van der Waals surface area contributed by atoms with Gasteiger partial charge >= 0.3 is 0 Å². The Hall–Kier alpha value is -3.13. The van der Waals surface area contributed by atoms with E-state index in [0.717, 1.165) is 58.6 Å². The number of halogens is 1. The van der Waals surface area contributed by atoms with Crippen LogP contribution in [0.3, 0.4) is 0 Å². The van der Waals surface area contributed by atoms with E-state index >= 15 is 0 Å². The lowest BCUT2D eigenvalue weighted by molar-refractivity contribution is 0.0767. The summed E-state index contributed by atoms with van der Waals surface area (Å²) >= 11 is 3.47. The molecule has 7 nitrogen and oxygen atoms in total. The van der Waals surface area contributed by atoms with E-state index in [0.29, 0.717) is 12.1 Å². The van der Waals surface area contributed by atoms with Gasteiger partial charge in [0.25, 0.3) is 5.91 Å². The number of hydrogen-bond acceptors (Lipinski definition) is 4. The Bertz CT molecular complexity index is 1180. The van der Waals surface area contributed by atoms with E-state index in [9.17, 15) is 4.79 Å². The van der Waals surface area contributed by atoms with Crippen LogP contribution in [0.25, 0.3) is 22.3 Å². The second kappa shape index (κ2) is 7.95. The second-order valence-electron chi connectivity index (χ2n) is 7.41. The van der Waals surface area contributed by atoms with Crippen LogP contribution in [-0.2, 0) is 0 Å². The molecule has 8 heteroatoms. The first-order valence-electron chi connectivity index (χ1n) is 9.96. The van der Waals surface area contributed by atoms with Gasteiger partial charge in [-0.25, -0.2) is 4.98 Å². The lowest BCUT2D eigenvalue weighted by Crippen LogP contribution is -2.35. The van der Waals surface area contributed by atoms with Crippen LogP contribution < -0.4 is 4.90 Å². The molecule has 0 unspecified atom stereocenters. The molecule has 1 aliphatic rings. The predicted molar refractivity (Wildman–Crippen MR) is 121 cm³/mol. The van der Waals surface area contributed by atoms with Crippen molar-refractivity contribution in [2.75, 3.05) is 31.1 Å². The number of rotatable bonds is 3. The van der Waals surface area contributed by atoms with Crippen molar-refractivity contribution in [1.29, 1.82) is 0 Å². The molecule has 152 valence electrons. The molecule has 0 spiro atoms. The Morgan fingerprint density at radius 2 is 1.87 bits per heavy atom. The van der Waals surface area contributed by atoms with Crippen molar-refractivity contribution in [3.05, 3.63) is 64.9 Å². The Kier molecular flexibility index (Phi) is 5.00. The molecule has 1 saturated heterocycles. The molecule has 30 heavy (non-hydrogen) atoms. The lowest BCUT2D eigenvalue weighted by Gasteiger charge is -2.22. The number of carbonyl (C=O) groups excluding carboxylic acids is 1. The Labute approximate surface area is 182 Å². The molecular weight excluding hydrogens is 444 g/mol. The molecule has 1 fully saturated rings. The molecule has 2 aromatic heterocycles. The van der Waals surface area contributed by atoms with Gasteiger partial charge in [-0.2, -0.15) is 5.10 Å². The van der Waals surface area contributed by atoms with Crippen molar-refractivity contribution in [1.82, 2.24) is 25.1 Å². The number of aromatic amines is 2. The summed E-state index contributed by atoms with van der Waals surface area (Å²) in [7, 11) is 0. The van der Waals surface area contributed by atoms with Crippen molar-refractivity contribution in [2.24, 2.45) is 0 Å². The SMILES string of the molecule is O=C(c1ccc2nc[nH]c2c1)N1CCCN(c2cc(-c3ccc(Br)cc3)[nH]n2)CC1. The largest absolute Gasteiger partial charge is 0.353 e. The van der Waals surface area contributed by atoms with Gasteiger partial charge in [-0.05, 0) is 42.3 Å². The summed E-state index contributed by atoms with van der Waals surface area (Å²) in [5.41, 5.74) is 4.53. The van der Waals surface area contributed by atoms with E-state index < -0.39 is 0 Å². The lowest BCUT2D eigenvalue weighted by atomic mass is 10.1. The molecule has 3 heterocycles. The van der Waals surface area contributed by atoms with E-state index in [1.54, 1.807) is 6.33 Å². The summed E-state index contributed by atoms with van der Waals surface area (Å²) in [6.07, 6.45) is 2.55. The maximum absolute atomic E-state index is 13.0. The Balaban J connectivity index is 1.28. The smallest absolute Gasteiger partial charge is 0.253 e. The highest BCUT2D eigenvalue weighted by Crippen LogP contribution is 2.24. The average Bonchev–Trinajstić information content (AvgIpc) is 3.38. The number of nitrogens with one attached hydrogen (secondary N) is 2. The predicted octanol–water partition coefficient (Wildman–Crippen LogP) is 4.07. The quantitative estimate of drug-likeness (QED) is 0.478. The van der Waals surface area contributed by atoms with Crippen LogP contribution in [0.5, 0.6) is 0 Å². The van der Waals surface area contributed by atoms with E-state index in [1.807, 2.05) is 35.2 Å². The van der Waals surface area contributed by atoms with Crippen molar-refractivity contribution in [3.8, 4) is 11.3 Å². The number of nitrogens with zero attached hydrogens (tertiary/aromatic N) is 4. The van der Waals surface area contributed by atoms with Gasteiger partial charge in [-0.3, -0.25) is 9.89 Å². The minimum absolute atomic E-state index is 0.0610. The summed E-state index contributed by atoms with van der Waals surface area (Å²) in [6, 6.07) is 15.8. The molecule has 0 radical (unpaired) electrons. The van der Waals surface area contributed by atoms with Gasteiger partial charge in [-0.15, -0.1) is 0 Å². The monoisotopic (exact) mass is 464 g/mol. The third kappa shape index (κ3) is 3.70. The molecule has 4 aromatic rings. The van der Waals surface area contributed by atoms with Crippen LogP contribution in [0.4, 0.5) is 5.82 Å². The number of anilines is 1. The molecule has 2 aromatic carbocycles. The molecule has 2 N–H and O–H groups in total. The fourth-order valence-electron chi connectivity index (χ4n) is 3.85. The third-order valence-electron chi connectivity index (χ3n) is 5.49. The van der Waals surface area contributed by atoms with Crippen molar-refractivity contribution >= 4 is 38.7 Å². The van der Waals surface area contributed by atoms with Crippen LogP contribution >= 0.6 is 15.9 Å². The van der Waals surface area contributed by atoms with Gasteiger partial charge in [0.15, 0.2) is 5.82 Å². The first-order valence-corrected chi connectivity index (χ1v) is 10.8. The number of imidazole rings is 1. The maximum atomic E-state index is 13.0. The molecule has 1 aliphatic heterocycles. The molecule has 0 bridgehead atoms. The third-order valence-corrected chi connectivity index (χ3v) is 6.02. The van der Waals surface area contributed by atoms with Gasteiger partial charge < -0.3 is 14.8 Å². The summed E-state index contributed by atoms with van der Waals surface area (Å²) in [5.74, 6) is 0.979. The van der Waals surface area contributed by atoms with E-state index in [1.165, 1.54) is 0 Å². The molecular formula is C22H21BrN6O. The summed E-state index contributed by atoms with van der Waals surface area (Å²) in [4.78, 5) is 24.5. The van der Waals surface area contributed by atoms with Crippen LogP contribution in [0, 0.1) is 0 Å². The van der Waals surface area contributed by atoms with Gasteiger partial charge in [0.1, 0.15) is 0 Å². The zero-order valence-corrected chi connectivity index (χ0v) is 17.9. The average molecular weight is 465 g/mol. The first kappa shape index (κ1) is 18.9. The first-order chi connectivity index (χ1) is 14.7. The number of amides is 1. The topological polar surface area (TPSA) is 80.9 Å². The van der Waals surface area contributed by atoms with Crippen LogP contribution in [0.2, 0.25) is 0 Å². The van der Waals surface area contributed by atoms with Gasteiger partial charge in [0.05, 0.1) is 23.1 Å². The summed E-state index contributed by atoms with van der Waals surface area (Å²) in [6.45, 7) is 3.03. The number of hydrogen-bond donors (Lipinski definition) is 2. The molecule has 0 aliphatic carbocycles. The highest BCUT2D eigenvalue weighted by atomic mass is 79.9. The van der Waals surface area contributed by atoms with Crippen molar-refractivity contribution in [3.63, 3.8) is 0 Å². The van der Waals surface area contributed by atoms with Gasteiger partial charge in [-0.1, -0.05) is 28.1 Å². The number of H-pyrrole nitrogens is 2. The highest BCUT2D eigenvalue weighted by molar-refractivity contribution is 9.10. The normalized spacial score (nSPS) is 14.8. The van der Waals surface area contributed by atoms with E-state index in [4.69, 9.17) is 0 Å². The van der Waals surface area contributed by atoms with Crippen LogP contribution in [-0.4, -0.2) is 57.2 Å². The minimum Gasteiger partial charge on any atom is -0.353 e. The maximum Gasteiger partial charge on any atom is 0.253 e. The Morgan fingerprint density at radius 3 is 2.73 bits per heavy atom. The minimum atomic E-state index is 0.0610. The standard InChI is InChI=1S/C22H21BrN6O/c23-17-5-2-15(3-6-17)19-13-21(27-26-19)28-8-1-9-29(11-10-28)22(30)16-4-7-18-20(12-16)25-14-24-18/h2-7,12-14H,1,8-11H2,(H,24,25)(H,26,27). The number of aromatic nitrogens is 4. The number of carbonyl (C=O) groups is 1. The zero-order chi connectivity index (χ0) is 20.5. The van der Waals surface area contributed by atoms with Crippen LogP contribution in [0.15, 0.2) is 59.3 Å². The van der Waals surface area contributed by atoms with Crippen LogP contribution in [0.1, 0.15) is 16.8 Å². The molecule has 5 rings (SSSR count). The summed E-state index contributed by atoms with van der Waals surface area (Å²) in [5, 5.41) is 7.65. The zero-order valence-electron chi connectivity index (χ0n) is 16.3. The second-order valence-corrected chi connectivity index (χ2v) is 8.33. The van der Waals surface area contributed by atoms with E-state index in [2.05, 4.69) is 59.2 Å². The number of fused-ring (bicyclic) bond motifs is 1. The molecule has 0 saturated carbocycles. The van der Waals surface area contributed by atoms with Crippen molar-refractivity contribution < 1.29 is 4.79 Å². The molecule has 1 amide bonds. The Morgan fingerprint density at radius 1 is 1.00 bits per heavy atom. The summed E-state index contributed by atoms with van der Waals surface area (Å²) < 4.78 is 1.05. The number of benzene rings is 2.